The van der Waals surface area contributed by atoms with Gasteiger partial charge >= 0.3 is 0 Å². The van der Waals surface area contributed by atoms with Gasteiger partial charge in [0, 0.05) is 44.4 Å². The third-order valence-electron chi connectivity index (χ3n) is 4.49. The summed E-state index contributed by atoms with van der Waals surface area (Å²) in [6.07, 6.45) is 7.30. The number of rotatable bonds is 5. The Morgan fingerprint density at radius 2 is 2.08 bits per heavy atom. The molecule has 0 radical (unpaired) electrons. The Morgan fingerprint density at radius 1 is 1.33 bits per heavy atom. The van der Waals surface area contributed by atoms with E-state index in [0.29, 0.717) is 12.5 Å². The third kappa shape index (κ3) is 3.94. The van der Waals surface area contributed by atoms with E-state index in [1.807, 2.05) is 43.6 Å². The second kappa shape index (κ2) is 6.91. The Hall–Kier alpha value is -1.92. The summed E-state index contributed by atoms with van der Waals surface area (Å²) in [5, 5.41) is 1.29. The van der Waals surface area contributed by atoms with Crippen molar-refractivity contribution in [3.8, 4) is 0 Å². The fourth-order valence-electron chi connectivity index (χ4n) is 3.00. The van der Waals surface area contributed by atoms with Crippen LogP contribution < -0.4 is 0 Å². The number of aryl methyl sites for hydroxylation is 2. The molecule has 1 aromatic heterocycles. The minimum atomic E-state index is -3.40. The highest BCUT2D eigenvalue weighted by atomic mass is 32.2. The van der Waals surface area contributed by atoms with Gasteiger partial charge in [-0.05, 0) is 30.9 Å². The number of aromatic nitrogens is 2. The van der Waals surface area contributed by atoms with Crippen molar-refractivity contribution in [3.63, 3.8) is 0 Å². The molecule has 128 valence electrons. The predicted octanol–water partition coefficient (Wildman–Crippen LogP) is 2.69. The van der Waals surface area contributed by atoms with Crippen LogP contribution in [0.25, 0.3) is 6.08 Å². The van der Waals surface area contributed by atoms with E-state index in [0.717, 1.165) is 36.3 Å². The summed E-state index contributed by atoms with van der Waals surface area (Å²) in [4.78, 5) is 4.31. The van der Waals surface area contributed by atoms with Crippen molar-refractivity contribution in [3.05, 3.63) is 59.0 Å². The molecule has 0 spiro atoms. The first-order chi connectivity index (χ1) is 11.4. The molecule has 24 heavy (non-hydrogen) atoms. The average molecular weight is 345 g/mol. The molecule has 1 atom stereocenters. The molecule has 0 aliphatic carbocycles. The molecule has 5 nitrogen and oxygen atoms in total. The third-order valence-corrected chi connectivity index (χ3v) is 5.99. The van der Waals surface area contributed by atoms with Gasteiger partial charge in [0.1, 0.15) is 5.82 Å². The smallest absolute Gasteiger partial charge is 0.235 e. The van der Waals surface area contributed by atoms with Gasteiger partial charge in [0.05, 0.1) is 0 Å². The quantitative estimate of drug-likeness (QED) is 0.837. The van der Waals surface area contributed by atoms with Gasteiger partial charge in [0.15, 0.2) is 0 Å². The molecule has 2 heterocycles. The molecule has 1 aliphatic rings. The number of benzene rings is 1. The van der Waals surface area contributed by atoms with Gasteiger partial charge in [0.2, 0.25) is 10.0 Å². The zero-order valence-electron chi connectivity index (χ0n) is 14.1. The Balaban J connectivity index is 1.63. The van der Waals surface area contributed by atoms with Crippen LogP contribution in [0.5, 0.6) is 0 Å². The van der Waals surface area contributed by atoms with Crippen molar-refractivity contribution < 1.29 is 8.42 Å². The number of fused-ring (bicyclic) bond motifs is 1. The van der Waals surface area contributed by atoms with Crippen molar-refractivity contribution in [2.45, 2.75) is 26.3 Å². The standard InChI is InChI=1S/C18H23N3O2S/c1-15-3-5-16(6-4-15)9-12-24(22,23)20(2)13-17-7-8-18-19-10-11-21(18)14-17/h3-6,9-12,17H,7-8,13-14H2,1-2H3/b12-9+. The zero-order valence-corrected chi connectivity index (χ0v) is 14.9. The molecule has 1 unspecified atom stereocenters. The summed E-state index contributed by atoms with van der Waals surface area (Å²) in [7, 11) is -1.75. The lowest BCUT2D eigenvalue weighted by atomic mass is 10.00. The summed E-state index contributed by atoms with van der Waals surface area (Å²) in [5.74, 6) is 1.41. The highest BCUT2D eigenvalue weighted by Gasteiger charge is 2.23. The highest BCUT2D eigenvalue weighted by molar-refractivity contribution is 7.92. The average Bonchev–Trinajstić information content (AvgIpc) is 3.02. The molecule has 1 aromatic carbocycles. The first-order valence-corrected chi connectivity index (χ1v) is 9.65. The second-order valence-corrected chi connectivity index (χ2v) is 8.36. The van der Waals surface area contributed by atoms with E-state index in [9.17, 15) is 8.42 Å². The lowest BCUT2D eigenvalue weighted by Gasteiger charge is -2.27. The number of imidazole rings is 1. The van der Waals surface area contributed by atoms with Crippen LogP contribution in [0.3, 0.4) is 0 Å². The SMILES string of the molecule is Cc1ccc(/C=C/S(=O)(=O)N(C)CC2CCc3nccn3C2)cc1. The number of sulfonamides is 1. The molecule has 3 rings (SSSR count). The molecule has 0 saturated heterocycles. The van der Waals surface area contributed by atoms with Crippen molar-refractivity contribution in [2.75, 3.05) is 13.6 Å². The second-order valence-electron chi connectivity index (χ2n) is 6.44. The van der Waals surface area contributed by atoms with E-state index >= 15 is 0 Å². The van der Waals surface area contributed by atoms with E-state index in [-0.39, 0.29) is 0 Å². The van der Waals surface area contributed by atoms with E-state index in [1.165, 1.54) is 9.71 Å². The molecule has 6 heteroatoms. The van der Waals surface area contributed by atoms with Crippen LogP contribution >= 0.6 is 0 Å². The molecular formula is C18H23N3O2S. The maximum Gasteiger partial charge on any atom is 0.235 e. The van der Waals surface area contributed by atoms with E-state index < -0.39 is 10.0 Å². The van der Waals surface area contributed by atoms with Gasteiger partial charge in [-0.15, -0.1) is 0 Å². The van der Waals surface area contributed by atoms with Gasteiger partial charge in [-0.3, -0.25) is 0 Å². The van der Waals surface area contributed by atoms with Gasteiger partial charge in [-0.2, -0.15) is 0 Å². The Labute approximate surface area is 143 Å². The first-order valence-electron chi connectivity index (χ1n) is 8.15. The maximum atomic E-state index is 12.5. The van der Waals surface area contributed by atoms with E-state index in [2.05, 4.69) is 9.55 Å². The van der Waals surface area contributed by atoms with Crippen LogP contribution in [0, 0.1) is 12.8 Å². The topological polar surface area (TPSA) is 55.2 Å². The first kappa shape index (κ1) is 16.9. The molecule has 2 aromatic rings. The summed E-state index contributed by atoms with van der Waals surface area (Å²) < 4.78 is 28.5. The van der Waals surface area contributed by atoms with Crippen molar-refractivity contribution in [1.82, 2.24) is 13.9 Å². The number of hydrogen-bond acceptors (Lipinski definition) is 3. The molecule has 1 aliphatic heterocycles. The lowest BCUT2D eigenvalue weighted by molar-refractivity contribution is 0.305. The Bertz CT molecular complexity index is 822. The zero-order chi connectivity index (χ0) is 17.2. The summed E-state index contributed by atoms with van der Waals surface area (Å²) >= 11 is 0. The van der Waals surface area contributed by atoms with Crippen LogP contribution in [-0.4, -0.2) is 35.9 Å². The van der Waals surface area contributed by atoms with Gasteiger partial charge in [0.25, 0.3) is 0 Å². The normalized spacial score (nSPS) is 18.2. The molecule has 0 fully saturated rings. The number of nitrogens with zero attached hydrogens (tertiary/aromatic N) is 3. The Kier molecular flexibility index (Phi) is 4.87. The fourth-order valence-corrected chi connectivity index (χ4v) is 3.96. The van der Waals surface area contributed by atoms with Crippen molar-refractivity contribution in [1.29, 1.82) is 0 Å². The van der Waals surface area contributed by atoms with E-state index in [1.54, 1.807) is 13.1 Å². The molecule has 0 amide bonds. The van der Waals surface area contributed by atoms with Crippen LogP contribution in [0.2, 0.25) is 0 Å². The molecular weight excluding hydrogens is 322 g/mol. The summed E-state index contributed by atoms with van der Waals surface area (Å²) in [5.41, 5.74) is 2.04. The molecule has 0 N–H and O–H groups in total. The van der Waals surface area contributed by atoms with Crippen LogP contribution in [0.4, 0.5) is 0 Å². The van der Waals surface area contributed by atoms with Crippen LogP contribution in [0.15, 0.2) is 42.1 Å². The lowest BCUT2D eigenvalue weighted by Crippen LogP contribution is -2.34. The van der Waals surface area contributed by atoms with Crippen molar-refractivity contribution in [2.24, 2.45) is 5.92 Å². The van der Waals surface area contributed by atoms with Crippen LogP contribution in [-0.2, 0) is 23.0 Å². The largest absolute Gasteiger partial charge is 0.335 e. The fraction of sp³-hybridized carbons (Fsp3) is 0.389. The van der Waals surface area contributed by atoms with Crippen LogP contribution in [0.1, 0.15) is 23.4 Å². The predicted molar refractivity (Wildman–Crippen MR) is 95.8 cm³/mol. The van der Waals surface area contributed by atoms with Gasteiger partial charge < -0.3 is 4.57 Å². The van der Waals surface area contributed by atoms with Gasteiger partial charge in [-0.1, -0.05) is 29.8 Å². The minimum Gasteiger partial charge on any atom is -0.335 e. The summed E-state index contributed by atoms with van der Waals surface area (Å²) in [6.45, 7) is 3.36. The maximum absolute atomic E-state index is 12.5. The highest BCUT2D eigenvalue weighted by Crippen LogP contribution is 2.20. The monoisotopic (exact) mass is 345 g/mol. The summed E-state index contributed by atoms with van der Waals surface area (Å²) in [6, 6.07) is 7.79. The van der Waals surface area contributed by atoms with Gasteiger partial charge in [-0.25, -0.2) is 17.7 Å². The Morgan fingerprint density at radius 3 is 2.83 bits per heavy atom. The molecule has 0 bridgehead atoms. The van der Waals surface area contributed by atoms with Crippen molar-refractivity contribution >= 4 is 16.1 Å². The number of hydrogen-bond donors (Lipinski definition) is 0. The van der Waals surface area contributed by atoms with E-state index in [4.69, 9.17) is 0 Å². The molecule has 0 saturated carbocycles. The minimum absolute atomic E-state index is 0.319.